The van der Waals surface area contributed by atoms with Crippen LogP contribution in [0.1, 0.15) is 17.5 Å². The van der Waals surface area contributed by atoms with E-state index in [9.17, 15) is 9.18 Å². The topological polar surface area (TPSA) is 117 Å². The Morgan fingerprint density at radius 3 is 2.35 bits per heavy atom. The first-order valence-electron chi connectivity index (χ1n) is 7.44. The van der Waals surface area contributed by atoms with Gasteiger partial charge in [0, 0.05) is 33.6 Å². The third-order valence-corrected chi connectivity index (χ3v) is 4.05. The predicted molar refractivity (Wildman–Crippen MR) is 102 cm³/mol. The number of aliphatic imine (C=N–C) groups is 1. The van der Waals surface area contributed by atoms with Crippen LogP contribution in [0.3, 0.4) is 0 Å². The lowest BCUT2D eigenvalue weighted by Gasteiger charge is -2.10. The molecule has 9 heteroatoms. The molecule has 0 heterocycles. The molecule has 0 aliphatic heterocycles. The fraction of sp³-hybridized carbons (Fsp3) is 0.118. The first-order valence-corrected chi connectivity index (χ1v) is 8.19. The number of hydrogen-bond donors (Lipinski definition) is 4. The van der Waals surface area contributed by atoms with Crippen LogP contribution >= 0.6 is 23.2 Å². The highest BCUT2D eigenvalue weighted by molar-refractivity contribution is 6.36. The number of nitrogens with zero attached hydrogens (tertiary/aromatic N) is 1. The van der Waals surface area contributed by atoms with Crippen LogP contribution in [0.4, 0.5) is 10.1 Å². The number of rotatable bonds is 5. The average Bonchev–Trinajstić information content (AvgIpc) is 2.54. The third-order valence-electron chi connectivity index (χ3n) is 3.38. The lowest BCUT2D eigenvalue weighted by Crippen LogP contribution is -2.32. The number of carbonyl (C=O) groups excluding carboxylic acids is 1. The molecule has 2 rings (SSSR count). The molecule has 6 N–H and O–H groups in total. The second kappa shape index (κ2) is 8.64. The van der Waals surface area contributed by atoms with E-state index in [4.69, 9.17) is 40.1 Å². The van der Waals surface area contributed by atoms with Crippen molar-refractivity contribution in [2.24, 2.45) is 10.7 Å². The van der Waals surface area contributed by atoms with Crippen molar-refractivity contribution >= 4 is 46.5 Å². The molecule has 0 fully saturated rings. The van der Waals surface area contributed by atoms with Crippen molar-refractivity contribution in [3.05, 3.63) is 63.4 Å². The average molecular weight is 396 g/mol. The summed E-state index contributed by atoms with van der Waals surface area (Å²) in [6.45, 7) is 0.149. The Hall–Kier alpha value is -2.64. The first-order chi connectivity index (χ1) is 12.3. The number of benzene rings is 2. The largest absolute Gasteiger partial charge is 0.399 e. The maximum Gasteiger partial charge on any atom is 0.254 e. The zero-order valence-electron chi connectivity index (χ0n) is 13.5. The number of nitrogens with two attached hydrogens (primary N) is 2. The van der Waals surface area contributed by atoms with Crippen LogP contribution < -0.4 is 16.8 Å². The zero-order valence-corrected chi connectivity index (χ0v) is 15.0. The van der Waals surface area contributed by atoms with Gasteiger partial charge in [-0.3, -0.25) is 4.79 Å². The normalized spacial score (nSPS) is 11.3. The standard InChI is InChI=1S/C17H16Cl2FN5O/c18-13-5-11(21)6-14(19)12(13)8-24-17(23)25-16(26)7-15(22)9-1-3-10(20)4-2-9/h1-6,22H,7-8,21H2,(H3,23,24,25,26). The second-order valence-corrected chi connectivity index (χ2v) is 6.18. The van der Waals surface area contributed by atoms with Gasteiger partial charge in [-0.25, -0.2) is 4.39 Å². The summed E-state index contributed by atoms with van der Waals surface area (Å²) >= 11 is 12.1. The zero-order chi connectivity index (χ0) is 19.3. The highest BCUT2D eigenvalue weighted by Crippen LogP contribution is 2.27. The molecule has 136 valence electrons. The van der Waals surface area contributed by atoms with E-state index in [-0.39, 0.29) is 24.6 Å². The number of hydrogen-bond acceptors (Lipinski definition) is 3. The van der Waals surface area contributed by atoms with E-state index in [2.05, 4.69) is 10.3 Å². The minimum atomic E-state index is -0.612. The Kier molecular flexibility index (Phi) is 6.54. The molecular formula is C17H16Cl2FN5O. The molecule has 0 saturated carbocycles. The van der Waals surface area contributed by atoms with Crippen LogP contribution in [0.5, 0.6) is 0 Å². The molecule has 0 atom stereocenters. The summed E-state index contributed by atoms with van der Waals surface area (Å²) < 4.78 is 12.9. The molecule has 2 aromatic rings. The Morgan fingerprint density at radius 2 is 1.77 bits per heavy atom. The summed E-state index contributed by atoms with van der Waals surface area (Å²) in [7, 11) is 0. The van der Waals surface area contributed by atoms with Crippen LogP contribution in [-0.2, 0) is 11.3 Å². The Morgan fingerprint density at radius 1 is 1.19 bits per heavy atom. The molecule has 0 spiro atoms. The molecule has 26 heavy (non-hydrogen) atoms. The van der Waals surface area contributed by atoms with E-state index < -0.39 is 11.7 Å². The van der Waals surface area contributed by atoms with Crippen molar-refractivity contribution in [2.75, 3.05) is 5.73 Å². The molecular weight excluding hydrogens is 380 g/mol. The smallest absolute Gasteiger partial charge is 0.254 e. The SMILES string of the molecule is N=C(CC(=O)/N=C(\N)NCc1c(Cl)cc(N)cc1Cl)c1ccc(F)cc1. The number of nitrogens with one attached hydrogen (secondary N) is 2. The van der Waals surface area contributed by atoms with Gasteiger partial charge in [-0.15, -0.1) is 0 Å². The van der Waals surface area contributed by atoms with Crippen LogP contribution in [0.15, 0.2) is 41.4 Å². The maximum absolute atomic E-state index is 12.9. The van der Waals surface area contributed by atoms with Gasteiger partial charge in [0.2, 0.25) is 0 Å². The van der Waals surface area contributed by atoms with E-state index in [0.29, 0.717) is 26.9 Å². The maximum atomic E-state index is 12.9. The highest BCUT2D eigenvalue weighted by atomic mass is 35.5. The van der Waals surface area contributed by atoms with Gasteiger partial charge in [0.1, 0.15) is 5.82 Å². The highest BCUT2D eigenvalue weighted by Gasteiger charge is 2.10. The van der Waals surface area contributed by atoms with E-state index in [1.165, 1.54) is 24.3 Å². The number of halogens is 3. The first kappa shape index (κ1) is 19.7. The van der Waals surface area contributed by atoms with Crippen molar-refractivity contribution < 1.29 is 9.18 Å². The third kappa shape index (κ3) is 5.44. The molecule has 0 aliphatic carbocycles. The van der Waals surface area contributed by atoms with Crippen molar-refractivity contribution in [1.82, 2.24) is 5.32 Å². The van der Waals surface area contributed by atoms with E-state index in [1.54, 1.807) is 12.1 Å². The Balaban J connectivity index is 1.95. The summed E-state index contributed by atoms with van der Waals surface area (Å²) in [5.41, 5.74) is 12.7. The van der Waals surface area contributed by atoms with Gasteiger partial charge in [0.05, 0.1) is 6.42 Å². The fourth-order valence-electron chi connectivity index (χ4n) is 2.09. The van der Waals surface area contributed by atoms with Crippen molar-refractivity contribution in [2.45, 2.75) is 13.0 Å². The molecule has 2 aromatic carbocycles. The fourth-order valence-corrected chi connectivity index (χ4v) is 2.73. The minimum Gasteiger partial charge on any atom is -0.399 e. The van der Waals surface area contributed by atoms with Crippen LogP contribution in [0, 0.1) is 11.2 Å². The second-order valence-electron chi connectivity index (χ2n) is 5.37. The number of carbonyl (C=O) groups is 1. The summed E-state index contributed by atoms with van der Waals surface area (Å²) in [6, 6.07) is 8.37. The lowest BCUT2D eigenvalue weighted by atomic mass is 10.1. The van der Waals surface area contributed by atoms with Gasteiger partial charge in [0.25, 0.3) is 5.91 Å². The number of nitrogen functional groups attached to an aromatic ring is 1. The van der Waals surface area contributed by atoms with Crippen molar-refractivity contribution in [3.8, 4) is 0 Å². The van der Waals surface area contributed by atoms with Crippen LogP contribution in [-0.4, -0.2) is 17.6 Å². The summed E-state index contributed by atoms with van der Waals surface area (Å²) in [5, 5.41) is 11.3. The van der Waals surface area contributed by atoms with Gasteiger partial charge in [-0.05, 0) is 29.8 Å². The van der Waals surface area contributed by atoms with Gasteiger partial charge >= 0.3 is 0 Å². The number of guanidine groups is 1. The number of amides is 1. The Labute approximate surface area is 159 Å². The molecule has 0 bridgehead atoms. The minimum absolute atomic E-state index is 0.0103. The monoisotopic (exact) mass is 395 g/mol. The van der Waals surface area contributed by atoms with Crippen LogP contribution in [0.2, 0.25) is 10.0 Å². The quantitative estimate of drug-likeness (QED) is 0.353. The molecule has 0 radical (unpaired) electrons. The van der Waals surface area contributed by atoms with Crippen molar-refractivity contribution in [3.63, 3.8) is 0 Å². The van der Waals surface area contributed by atoms with Crippen molar-refractivity contribution in [1.29, 1.82) is 5.41 Å². The predicted octanol–water partition coefficient (Wildman–Crippen LogP) is 3.10. The molecule has 0 aliphatic rings. The molecule has 0 aromatic heterocycles. The lowest BCUT2D eigenvalue weighted by molar-refractivity contribution is -0.116. The van der Waals surface area contributed by atoms with E-state index >= 15 is 0 Å². The Bertz CT molecular complexity index is 845. The molecule has 1 amide bonds. The van der Waals surface area contributed by atoms with Gasteiger partial charge in [0.15, 0.2) is 5.96 Å². The van der Waals surface area contributed by atoms with E-state index in [1.807, 2.05) is 0 Å². The summed E-state index contributed by atoms with van der Waals surface area (Å²) in [6.07, 6.45) is -0.266. The molecule has 0 unspecified atom stereocenters. The number of anilines is 1. The van der Waals surface area contributed by atoms with E-state index in [0.717, 1.165) is 0 Å². The molecule has 6 nitrogen and oxygen atoms in total. The summed E-state index contributed by atoms with van der Waals surface area (Å²) in [4.78, 5) is 15.6. The molecule has 0 saturated heterocycles. The summed E-state index contributed by atoms with van der Waals surface area (Å²) in [5.74, 6) is -1.16. The van der Waals surface area contributed by atoms with Gasteiger partial charge in [-0.2, -0.15) is 4.99 Å². The van der Waals surface area contributed by atoms with Crippen LogP contribution in [0.25, 0.3) is 0 Å². The van der Waals surface area contributed by atoms with Gasteiger partial charge in [-0.1, -0.05) is 35.3 Å². The van der Waals surface area contributed by atoms with Gasteiger partial charge < -0.3 is 22.2 Å².